The van der Waals surface area contributed by atoms with E-state index in [-0.39, 0.29) is 29.7 Å². The van der Waals surface area contributed by atoms with Crippen LogP contribution in [0.3, 0.4) is 0 Å². The Morgan fingerprint density at radius 2 is 2.14 bits per heavy atom. The quantitative estimate of drug-likeness (QED) is 0.626. The summed E-state index contributed by atoms with van der Waals surface area (Å²) in [6.07, 6.45) is 10.8. The molecule has 2 aliphatic heterocycles. The Morgan fingerprint density at radius 1 is 1.31 bits per heavy atom. The molecule has 7 rings (SSSR count). The molecule has 2 N–H and O–H groups in total. The van der Waals surface area contributed by atoms with E-state index < -0.39 is 17.1 Å². The lowest BCUT2D eigenvalue weighted by Crippen LogP contribution is -2.80. The summed E-state index contributed by atoms with van der Waals surface area (Å²) in [5.41, 5.74) is 1.36. The number of benzene rings is 1. The molecule has 1 saturated heterocycles. The average molecular weight is 491 g/mol. The predicted molar refractivity (Wildman–Crippen MR) is 134 cm³/mol. The Hall–Kier alpha value is -2.77. The molecule has 0 radical (unpaired) electrons. The van der Waals surface area contributed by atoms with E-state index in [0.717, 1.165) is 43.0 Å². The summed E-state index contributed by atoms with van der Waals surface area (Å²) in [5.74, 6) is 1.23. The van der Waals surface area contributed by atoms with Gasteiger partial charge in [0.05, 0.1) is 29.6 Å². The predicted octanol–water partition coefficient (Wildman–Crippen LogP) is 3.34. The van der Waals surface area contributed by atoms with Crippen molar-refractivity contribution < 1.29 is 24.2 Å². The topological polar surface area (TPSA) is 86.4 Å². The van der Waals surface area contributed by atoms with Gasteiger partial charge in [0.15, 0.2) is 11.5 Å². The number of ether oxygens (including phenoxy) is 1. The van der Waals surface area contributed by atoms with Gasteiger partial charge in [-0.15, -0.1) is 0 Å². The minimum absolute atomic E-state index is 0.0129. The van der Waals surface area contributed by atoms with Gasteiger partial charge in [-0.3, -0.25) is 9.69 Å². The van der Waals surface area contributed by atoms with Gasteiger partial charge >= 0.3 is 0 Å². The maximum absolute atomic E-state index is 13.3. The van der Waals surface area contributed by atoms with E-state index in [1.54, 1.807) is 35.6 Å². The molecule has 3 fully saturated rings. The minimum atomic E-state index is -0.982. The van der Waals surface area contributed by atoms with E-state index in [2.05, 4.69) is 11.8 Å². The van der Waals surface area contributed by atoms with Crippen molar-refractivity contribution in [3.05, 3.63) is 53.5 Å². The number of amides is 1. The first-order valence-corrected chi connectivity index (χ1v) is 13.3. The molecule has 2 saturated carbocycles. The first kappa shape index (κ1) is 22.4. The molecule has 7 heteroatoms. The van der Waals surface area contributed by atoms with Crippen LogP contribution in [0, 0.1) is 11.8 Å². The number of likely N-dealkylation sites (tertiary alicyclic amines) is 1. The summed E-state index contributed by atoms with van der Waals surface area (Å²) in [7, 11) is 1.83. The number of aliphatic hydroxyl groups is 1. The van der Waals surface area contributed by atoms with E-state index in [1.165, 1.54) is 18.4 Å². The summed E-state index contributed by atoms with van der Waals surface area (Å²) in [6, 6.07) is 5.35. The molecule has 0 unspecified atom stereocenters. The molecular formula is C29H34N2O5. The van der Waals surface area contributed by atoms with E-state index in [4.69, 9.17) is 9.15 Å². The average Bonchev–Trinajstić information content (AvgIpc) is 3.38. The lowest BCUT2D eigenvalue weighted by atomic mass is 9.45. The van der Waals surface area contributed by atoms with Crippen molar-refractivity contribution in [3.8, 4) is 11.5 Å². The molecule has 2 aromatic rings. The molecule has 1 spiro atoms. The summed E-state index contributed by atoms with van der Waals surface area (Å²) < 4.78 is 11.7. The van der Waals surface area contributed by atoms with E-state index >= 15 is 0 Å². The van der Waals surface area contributed by atoms with Gasteiger partial charge in [0, 0.05) is 36.8 Å². The first-order valence-electron chi connectivity index (χ1n) is 13.3. The number of carbonyl (C=O) groups excluding carboxylic acids is 1. The molecular weight excluding hydrogens is 456 g/mol. The monoisotopic (exact) mass is 490 g/mol. The fourth-order valence-electron chi connectivity index (χ4n) is 8.07. The smallest absolute Gasteiger partial charge is 0.246 e. The number of piperidine rings is 1. The SMILES string of the molecule is C[C@H]1C[C@H](N(C)C(=O)/C=C/c2ccoc2)[C@@H]2Oc3c(O)ccc4c3[C@@]23CCN(CC2CC2)[C@@H](C4)[C@]13O. The summed E-state index contributed by atoms with van der Waals surface area (Å²) >= 11 is 0. The zero-order valence-corrected chi connectivity index (χ0v) is 20.9. The number of nitrogens with zero attached hydrogens (tertiary/aromatic N) is 2. The van der Waals surface area contributed by atoms with Gasteiger partial charge in [0.1, 0.15) is 6.10 Å². The Kier molecular flexibility index (Phi) is 4.75. The second kappa shape index (κ2) is 7.62. The largest absolute Gasteiger partial charge is 0.504 e. The van der Waals surface area contributed by atoms with Crippen LogP contribution in [-0.4, -0.2) is 69.8 Å². The molecule has 6 atom stereocenters. The van der Waals surface area contributed by atoms with Crippen LogP contribution in [0.2, 0.25) is 0 Å². The van der Waals surface area contributed by atoms with Crippen molar-refractivity contribution in [1.82, 2.24) is 9.80 Å². The second-order valence-electron chi connectivity index (χ2n) is 11.7. The van der Waals surface area contributed by atoms with E-state index in [0.29, 0.717) is 12.2 Å². The molecule has 7 nitrogen and oxygen atoms in total. The van der Waals surface area contributed by atoms with Crippen molar-refractivity contribution in [2.24, 2.45) is 11.8 Å². The van der Waals surface area contributed by atoms with Crippen molar-refractivity contribution >= 4 is 12.0 Å². The normalized spacial score (nSPS) is 36.5. The lowest BCUT2D eigenvalue weighted by molar-refractivity contribution is -0.224. The molecule has 36 heavy (non-hydrogen) atoms. The molecule has 190 valence electrons. The van der Waals surface area contributed by atoms with Crippen LogP contribution in [0.4, 0.5) is 0 Å². The maximum atomic E-state index is 13.3. The molecule has 3 heterocycles. The van der Waals surface area contributed by atoms with Gasteiger partial charge < -0.3 is 24.3 Å². The summed E-state index contributed by atoms with van der Waals surface area (Å²) in [4.78, 5) is 17.6. The Labute approximate surface area is 211 Å². The molecule has 2 bridgehead atoms. The van der Waals surface area contributed by atoms with Crippen LogP contribution in [0.15, 0.2) is 41.2 Å². The molecule has 3 aliphatic carbocycles. The number of hydrogen-bond donors (Lipinski definition) is 2. The maximum Gasteiger partial charge on any atom is 0.246 e. The van der Waals surface area contributed by atoms with Gasteiger partial charge in [-0.05, 0) is 74.3 Å². The summed E-state index contributed by atoms with van der Waals surface area (Å²) in [6.45, 7) is 4.08. The number of aromatic hydroxyl groups is 1. The lowest BCUT2D eigenvalue weighted by Gasteiger charge is -2.67. The molecule has 1 aromatic heterocycles. The third kappa shape index (κ3) is 2.84. The third-order valence-electron chi connectivity index (χ3n) is 9.96. The Bertz CT molecular complexity index is 1240. The van der Waals surface area contributed by atoms with Crippen LogP contribution in [-0.2, 0) is 16.6 Å². The van der Waals surface area contributed by atoms with E-state index in [1.807, 2.05) is 19.2 Å². The van der Waals surface area contributed by atoms with Gasteiger partial charge in [0.2, 0.25) is 5.91 Å². The number of carbonyl (C=O) groups is 1. The molecule has 5 aliphatic rings. The number of rotatable bonds is 5. The molecule has 1 aromatic carbocycles. The number of furan rings is 1. The van der Waals surface area contributed by atoms with Crippen molar-refractivity contribution in [2.75, 3.05) is 20.1 Å². The Balaban J connectivity index is 1.31. The van der Waals surface area contributed by atoms with E-state index in [9.17, 15) is 15.0 Å². The standard InChI is InChI=1S/C29H34N2O5/c1-17-13-21(30(2)24(33)8-5-19-9-12-35-16-19)27-28-10-11-31(15-18-3-4-18)23(29(17,28)34)14-20-6-7-22(32)26(36-27)25(20)28/h5-9,12,16-18,21,23,27,32,34H,3-4,10-11,13-15H2,1-2H3/b8-5+/t17-,21-,23-,27-,28-,29+/m0/s1. The highest BCUT2D eigenvalue weighted by Crippen LogP contribution is 2.67. The van der Waals surface area contributed by atoms with Gasteiger partial charge in [-0.1, -0.05) is 13.0 Å². The van der Waals surface area contributed by atoms with Crippen molar-refractivity contribution in [3.63, 3.8) is 0 Å². The van der Waals surface area contributed by atoms with Crippen LogP contribution in [0.1, 0.15) is 49.3 Å². The highest BCUT2D eigenvalue weighted by molar-refractivity contribution is 5.92. The second-order valence-corrected chi connectivity index (χ2v) is 11.7. The van der Waals surface area contributed by atoms with Crippen LogP contribution >= 0.6 is 0 Å². The van der Waals surface area contributed by atoms with Crippen molar-refractivity contribution in [1.29, 1.82) is 0 Å². The highest BCUT2D eigenvalue weighted by atomic mass is 16.5. The van der Waals surface area contributed by atoms with Gasteiger partial charge in [-0.2, -0.15) is 0 Å². The number of phenols is 1. The summed E-state index contributed by atoms with van der Waals surface area (Å²) in [5, 5.41) is 23.7. The highest BCUT2D eigenvalue weighted by Gasteiger charge is 2.75. The van der Waals surface area contributed by atoms with Crippen molar-refractivity contribution in [2.45, 2.75) is 68.2 Å². The number of hydrogen-bond acceptors (Lipinski definition) is 6. The fraction of sp³-hybridized carbons (Fsp3) is 0.552. The minimum Gasteiger partial charge on any atom is -0.504 e. The van der Waals surface area contributed by atoms with Crippen LogP contribution in [0.5, 0.6) is 11.5 Å². The molecule has 1 amide bonds. The number of likely N-dealkylation sites (N-methyl/N-ethyl adjacent to an activating group) is 1. The van der Waals surface area contributed by atoms with Crippen LogP contribution < -0.4 is 4.74 Å². The fourth-order valence-corrected chi connectivity index (χ4v) is 8.07. The third-order valence-corrected chi connectivity index (χ3v) is 9.96. The number of phenolic OH excluding ortho intramolecular Hbond substituents is 1. The first-order chi connectivity index (χ1) is 17.3. The van der Waals surface area contributed by atoms with Crippen LogP contribution in [0.25, 0.3) is 6.08 Å². The van der Waals surface area contributed by atoms with Gasteiger partial charge in [0.25, 0.3) is 0 Å². The zero-order chi connectivity index (χ0) is 24.8. The van der Waals surface area contributed by atoms with Gasteiger partial charge in [-0.25, -0.2) is 0 Å². The zero-order valence-electron chi connectivity index (χ0n) is 20.9. The Morgan fingerprint density at radius 3 is 2.89 bits per heavy atom.